The van der Waals surface area contributed by atoms with E-state index in [1.54, 1.807) is 29.7 Å². The number of amides is 1. The van der Waals surface area contributed by atoms with Crippen molar-refractivity contribution in [2.45, 2.75) is 37.7 Å². The Balaban J connectivity index is 1.77. The predicted octanol–water partition coefficient (Wildman–Crippen LogP) is 3.38. The van der Waals surface area contributed by atoms with Gasteiger partial charge in [0.15, 0.2) is 11.0 Å². The van der Waals surface area contributed by atoms with E-state index in [2.05, 4.69) is 25.7 Å². The second-order valence-corrected chi connectivity index (χ2v) is 7.90. The Kier molecular flexibility index (Phi) is 5.62. The molecule has 10 heteroatoms. The molecule has 3 rings (SSSR count). The van der Waals surface area contributed by atoms with Crippen LogP contribution >= 0.6 is 23.1 Å². The summed E-state index contributed by atoms with van der Waals surface area (Å²) in [7, 11) is 0. The maximum Gasteiger partial charge on any atom is 0.239 e. The quantitative estimate of drug-likeness (QED) is 0.647. The number of carbonyl (C=O) groups is 1. The molecule has 0 radical (unpaired) electrons. The zero-order valence-corrected chi connectivity index (χ0v) is 16.1. The minimum atomic E-state index is -0.429. The molecule has 0 aliphatic heterocycles. The van der Waals surface area contributed by atoms with Crippen LogP contribution < -0.4 is 5.32 Å². The molecule has 0 aliphatic rings. The summed E-state index contributed by atoms with van der Waals surface area (Å²) in [6.07, 6.45) is 0. The van der Waals surface area contributed by atoms with Crippen LogP contribution in [0.2, 0.25) is 0 Å². The van der Waals surface area contributed by atoms with E-state index in [0.29, 0.717) is 28.2 Å². The Bertz CT molecular complexity index is 925. The van der Waals surface area contributed by atoms with Crippen LogP contribution in [0.3, 0.4) is 0 Å². The van der Waals surface area contributed by atoms with Crippen molar-refractivity contribution in [3.63, 3.8) is 0 Å². The molecule has 0 aliphatic carbocycles. The van der Waals surface area contributed by atoms with Gasteiger partial charge in [-0.25, -0.2) is 4.39 Å². The topological polar surface area (TPSA) is 85.6 Å². The first-order chi connectivity index (χ1) is 12.5. The molecule has 0 saturated heterocycles. The summed E-state index contributed by atoms with van der Waals surface area (Å²) in [4.78, 5) is 12.3. The average Bonchev–Trinajstić information content (AvgIpc) is 3.21. The Labute approximate surface area is 158 Å². The number of nitrogens with one attached hydrogen (secondary N) is 1. The third-order valence-corrected chi connectivity index (χ3v) is 5.39. The highest BCUT2D eigenvalue weighted by Crippen LogP contribution is 2.28. The summed E-state index contributed by atoms with van der Waals surface area (Å²) in [6, 6.07) is 6.42. The Morgan fingerprint density at radius 3 is 2.73 bits per heavy atom. The monoisotopic (exact) mass is 392 g/mol. The molecule has 0 bridgehead atoms. The number of aromatic nitrogens is 5. The molecule has 7 nitrogen and oxygen atoms in total. The molecular formula is C16H17FN6OS2. The molecule has 2 heterocycles. The van der Waals surface area contributed by atoms with Gasteiger partial charge in [-0.1, -0.05) is 35.2 Å². The van der Waals surface area contributed by atoms with Crippen molar-refractivity contribution in [3.8, 4) is 11.4 Å². The van der Waals surface area contributed by atoms with Gasteiger partial charge in [0.25, 0.3) is 0 Å². The van der Waals surface area contributed by atoms with Gasteiger partial charge in [-0.15, -0.1) is 20.4 Å². The van der Waals surface area contributed by atoms with Crippen molar-refractivity contribution in [2.75, 3.05) is 5.32 Å². The van der Waals surface area contributed by atoms with Crippen molar-refractivity contribution < 1.29 is 9.18 Å². The molecule has 3 aromatic rings. The number of hydrogen-bond acceptors (Lipinski definition) is 7. The number of halogens is 1. The molecule has 0 saturated carbocycles. The third kappa shape index (κ3) is 3.91. The van der Waals surface area contributed by atoms with Crippen molar-refractivity contribution in [1.29, 1.82) is 0 Å². The zero-order chi connectivity index (χ0) is 18.7. The van der Waals surface area contributed by atoms with Gasteiger partial charge in [-0.2, -0.15) is 0 Å². The zero-order valence-electron chi connectivity index (χ0n) is 14.4. The second-order valence-electron chi connectivity index (χ2n) is 5.41. The number of hydrogen-bond donors (Lipinski definition) is 1. The van der Waals surface area contributed by atoms with Gasteiger partial charge in [-0.3, -0.25) is 10.1 Å². The van der Waals surface area contributed by atoms with Gasteiger partial charge in [0, 0.05) is 6.54 Å². The van der Waals surface area contributed by atoms with Crippen molar-refractivity contribution in [2.24, 2.45) is 0 Å². The lowest BCUT2D eigenvalue weighted by atomic mass is 10.2. The van der Waals surface area contributed by atoms with E-state index in [9.17, 15) is 9.18 Å². The SMILES string of the molecule is CCn1c(S[C@H](C)C(=O)Nc2nnc(C)s2)nnc1-c1ccccc1F. The number of rotatable bonds is 6. The van der Waals surface area contributed by atoms with Gasteiger partial charge < -0.3 is 4.57 Å². The molecular weight excluding hydrogens is 375 g/mol. The summed E-state index contributed by atoms with van der Waals surface area (Å²) in [5, 5.41) is 20.1. The fraction of sp³-hybridized carbons (Fsp3) is 0.312. The van der Waals surface area contributed by atoms with Crippen LogP contribution in [-0.4, -0.2) is 36.1 Å². The lowest BCUT2D eigenvalue weighted by Crippen LogP contribution is -2.22. The highest BCUT2D eigenvalue weighted by molar-refractivity contribution is 8.00. The van der Waals surface area contributed by atoms with E-state index < -0.39 is 5.25 Å². The van der Waals surface area contributed by atoms with Crippen LogP contribution in [0.25, 0.3) is 11.4 Å². The Morgan fingerprint density at radius 2 is 2.08 bits per heavy atom. The van der Waals surface area contributed by atoms with E-state index >= 15 is 0 Å². The Hall–Kier alpha value is -2.33. The standard InChI is InChI=1S/C16H17FN6OS2/c1-4-23-13(11-7-5-6-8-12(11)17)20-22-16(23)25-9(2)14(24)18-15-21-19-10(3)26-15/h5-9H,4H2,1-3H3,(H,18,21,24)/t9-/m1/s1. The number of anilines is 1. The summed E-state index contributed by atoms with van der Waals surface area (Å²) >= 11 is 2.57. The van der Waals surface area contributed by atoms with Gasteiger partial charge in [0.1, 0.15) is 10.8 Å². The van der Waals surface area contributed by atoms with Gasteiger partial charge in [-0.05, 0) is 32.9 Å². The molecule has 0 fully saturated rings. The average molecular weight is 392 g/mol. The lowest BCUT2D eigenvalue weighted by molar-refractivity contribution is -0.115. The highest BCUT2D eigenvalue weighted by Gasteiger charge is 2.22. The molecule has 0 spiro atoms. The summed E-state index contributed by atoms with van der Waals surface area (Å²) in [5.41, 5.74) is 0.384. The van der Waals surface area contributed by atoms with Crippen LogP contribution in [0.1, 0.15) is 18.9 Å². The van der Waals surface area contributed by atoms with Crippen LogP contribution in [0.4, 0.5) is 9.52 Å². The molecule has 1 aromatic carbocycles. The molecule has 26 heavy (non-hydrogen) atoms. The lowest BCUT2D eigenvalue weighted by Gasteiger charge is -2.11. The number of benzene rings is 1. The Morgan fingerprint density at radius 1 is 1.31 bits per heavy atom. The summed E-state index contributed by atoms with van der Waals surface area (Å²) in [5.74, 6) is -0.117. The first-order valence-corrected chi connectivity index (χ1v) is 9.65. The van der Waals surface area contributed by atoms with Crippen LogP contribution in [0.15, 0.2) is 29.4 Å². The first-order valence-electron chi connectivity index (χ1n) is 7.95. The third-order valence-electron chi connectivity index (χ3n) is 3.56. The van der Waals surface area contributed by atoms with E-state index in [-0.39, 0.29) is 11.7 Å². The maximum absolute atomic E-state index is 14.1. The molecule has 1 N–H and O–H groups in total. The van der Waals surface area contributed by atoms with E-state index in [0.717, 1.165) is 5.01 Å². The number of carbonyl (C=O) groups excluding carboxylic acids is 1. The molecule has 136 valence electrons. The van der Waals surface area contributed by atoms with Crippen molar-refractivity contribution in [1.82, 2.24) is 25.0 Å². The summed E-state index contributed by atoms with van der Waals surface area (Å²) in [6.45, 7) is 6.07. The van der Waals surface area contributed by atoms with E-state index in [1.807, 2.05) is 13.8 Å². The van der Waals surface area contributed by atoms with Crippen LogP contribution in [0, 0.1) is 12.7 Å². The fourth-order valence-corrected chi connectivity index (χ4v) is 3.78. The van der Waals surface area contributed by atoms with Gasteiger partial charge in [0.05, 0.1) is 10.8 Å². The second kappa shape index (κ2) is 7.92. The smallest absolute Gasteiger partial charge is 0.239 e. The molecule has 0 unspecified atom stereocenters. The number of thioether (sulfide) groups is 1. The maximum atomic E-state index is 14.1. The van der Waals surface area contributed by atoms with Crippen molar-refractivity contribution >= 4 is 34.1 Å². The number of nitrogens with zero attached hydrogens (tertiary/aromatic N) is 5. The van der Waals surface area contributed by atoms with Gasteiger partial charge in [0.2, 0.25) is 11.0 Å². The predicted molar refractivity (Wildman–Crippen MR) is 99.7 cm³/mol. The largest absolute Gasteiger partial charge is 0.302 e. The van der Waals surface area contributed by atoms with E-state index in [1.165, 1.54) is 29.2 Å². The van der Waals surface area contributed by atoms with Crippen LogP contribution in [0.5, 0.6) is 0 Å². The minimum absolute atomic E-state index is 0.204. The molecule has 2 aromatic heterocycles. The molecule has 1 amide bonds. The minimum Gasteiger partial charge on any atom is -0.302 e. The number of aryl methyl sites for hydroxylation is 1. The fourth-order valence-electron chi connectivity index (χ4n) is 2.27. The van der Waals surface area contributed by atoms with E-state index in [4.69, 9.17) is 0 Å². The normalized spacial score (nSPS) is 12.2. The highest BCUT2D eigenvalue weighted by atomic mass is 32.2. The van der Waals surface area contributed by atoms with Crippen LogP contribution in [-0.2, 0) is 11.3 Å². The van der Waals surface area contributed by atoms with Crippen molar-refractivity contribution in [3.05, 3.63) is 35.1 Å². The summed E-state index contributed by atoms with van der Waals surface area (Å²) < 4.78 is 15.9. The van der Waals surface area contributed by atoms with Gasteiger partial charge >= 0.3 is 0 Å². The molecule has 1 atom stereocenters. The first kappa shape index (κ1) is 18.5.